The summed E-state index contributed by atoms with van der Waals surface area (Å²) in [4.78, 5) is 11.8. The quantitative estimate of drug-likeness (QED) is 0.867. The molecule has 0 amide bonds. The van der Waals surface area contributed by atoms with Gasteiger partial charge in [-0.15, -0.1) is 0 Å². The van der Waals surface area contributed by atoms with Gasteiger partial charge < -0.3 is 5.32 Å². The van der Waals surface area contributed by atoms with Crippen molar-refractivity contribution in [2.45, 2.75) is 33.1 Å². The van der Waals surface area contributed by atoms with Crippen molar-refractivity contribution in [3.63, 3.8) is 0 Å². The molecule has 2 rings (SSSR count). The average molecular weight is 278 g/mol. The minimum Gasteiger partial charge on any atom is -0.359 e. The van der Waals surface area contributed by atoms with E-state index in [1.165, 1.54) is 0 Å². The number of allylic oxidation sites excluding steroid dienone is 2. The summed E-state index contributed by atoms with van der Waals surface area (Å²) in [5.41, 5.74) is 2.00. The van der Waals surface area contributed by atoms with E-state index < -0.39 is 0 Å². The second-order valence-corrected chi connectivity index (χ2v) is 6.11. The lowest BCUT2D eigenvalue weighted by atomic mass is 9.85. The van der Waals surface area contributed by atoms with E-state index in [4.69, 9.17) is 11.6 Å². The Morgan fingerprint density at radius 3 is 2.58 bits per heavy atom. The molecule has 0 spiro atoms. The van der Waals surface area contributed by atoms with Gasteiger partial charge in [0.05, 0.1) is 0 Å². The molecule has 1 atom stereocenters. The molecule has 1 unspecified atom stereocenters. The summed E-state index contributed by atoms with van der Waals surface area (Å²) < 4.78 is 0. The SMILES string of the molecule is CC(C)CC1CC(=O)C=C(Nc2ccc(Cl)cc2)C1. The van der Waals surface area contributed by atoms with Crippen LogP contribution in [0.1, 0.15) is 33.1 Å². The van der Waals surface area contributed by atoms with Gasteiger partial charge in [-0.1, -0.05) is 25.4 Å². The molecule has 102 valence electrons. The number of anilines is 1. The minimum absolute atomic E-state index is 0.230. The maximum Gasteiger partial charge on any atom is 0.157 e. The number of halogens is 1. The number of carbonyl (C=O) groups is 1. The molecule has 3 heteroatoms. The van der Waals surface area contributed by atoms with Crippen LogP contribution in [0.4, 0.5) is 5.69 Å². The number of benzene rings is 1. The molecule has 0 aromatic heterocycles. The predicted molar refractivity (Wildman–Crippen MR) is 80.3 cm³/mol. The summed E-state index contributed by atoms with van der Waals surface area (Å²) >= 11 is 5.86. The highest BCUT2D eigenvalue weighted by molar-refractivity contribution is 6.30. The number of hydrogen-bond acceptors (Lipinski definition) is 2. The second-order valence-electron chi connectivity index (χ2n) is 5.67. The summed E-state index contributed by atoms with van der Waals surface area (Å²) in [5, 5.41) is 4.04. The van der Waals surface area contributed by atoms with Crippen LogP contribution in [0.5, 0.6) is 0 Å². The van der Waals surface area contributed by atoms with Gasteiger partial charge >= 0.3 is 0 Å². The van der Waals surface area contributed by atoms with E-state index in [-0.39, 0.29) is 5.78 Å². The summed E-state index contributed by atoms with van der Waals surface area (Å²) in [6, 6.07) is 7.56. The Balaban J connectivity index is 2.03. The van der Waals surface area contributed by atoms with E-state index >= 15 is 0 Å². The van der Waals surface area contributed by atoms with E-state index in [9.17, 15) is 4.79 Å². The van der Waals surface area contributed by atoms with Crippen LogP contribution in [0.25, 0.3) is 0 Å². The molecule has 0 fully saturated rings. The van der Waals surface area contributed by atoms with Crippen LogP contribution in [0, 0.1) is 11.8 Å². The van der Waals surface area contributed by atoms with E-state index in [1.807, 2.05) is 24.3 Å². The molecule has 1 aromatic rings. The van der Waals surface area contributed by atoms with Crippen LogP contribution in [-0.2, 0) is 4.79 Å². The van der Waals surface area contributed by atoms with Crippen molar-refractivity contribution in [2.24, 2.45) is 11.8 Å². The molecule has 0 radical (unpaired) electrons. The van der Waals surface area contributed by atoms with E-state index in [0.29, 0.717) is 18.3 Å². The molecule has 2 nitrogen and oxygen atoms in total. The van der Waals surface area contributed by atoms with Crippen molar-refractivity contribution < 1.29 is 4.79 Å². The zero-order chi connectivity index (χ0) is 13.8. The topological polar surface area (TPSA) is 29.1 Å². The van der Waals surface area contributed by atoms with Crippen LogP contribution < -0.4 is 5.32 Å². The fourth-order valence-electron chi connectivity index (χ4n) is 2.62. The lowest BCUT2D eigenvalue weighted by molar-refractivity contribution is -0.116. The number of rotatable bonds is 4. The second kappa shape index (κ2) is 6.25. The zero-order valence-corrected chi connectivity index (χ0v) is 12.2. The van der Waals surface area contributed by atoms with Crippen LogP contribution in [0.2, 0.25) is 5.02 Å². The first-order valence-corrected chi connectivity index (χ1v) is 7.16. The summed E-state index contributed by atoms with van der Waals surface area (Å²) in [7, 11) is 0. The smallest absolute Gasteiger partial charge is 0.157 e. The third kappa shape index (κ3) is 4.39. The molecule has 0 aliphatic heterocycles. The third-order valence-corrected chi connectivity index (χ3v) is 3.54. The first-order chi connectivity index (χ1) is 9.02. The van der Waals surface area contributed by atoms with Crippen molar-refractivity contribution >= 4 is 23.1 Å². The van der Waals surface area contributed by atoms with Crippen LogP contribution in [-0.4, -0.2) is 5.78 Å². The fraction of sp³-hybridized carbons (Fsp3) is 0.438. The molecule has 19 heavy (non-hydrogen) atoms. The van der Waals surface area contributed by atoms with Gasteiger partial charge in [0.1, 0.15) is 0 Å². The third-order valence-electron chi connectivity index (χ3n) is 3.29. The first-order valence-electron chi connectivity index (χ1n) is 6.79. The Morgan fingerprint density at radius 2 is 1.95 bits per heavy atom. The Hall–Kier alpha value is -1.28. The van der Waals surface area contributed by atoms with Crippen molar-refractivity contribution in [2.75, 3.05) is 5.32 Å². The number of ketones is 1. The van der Waals surface area contributed by atoms with Crippen molar-refractivity contribution in [1.29, 1.82) is 0 Å². The molecule has 1 aliphatic rings. The highest BCUT2D eigenvalue weighted by atomic mass is 35.5. The molecule has 0 heterocycles. The first kappa shape index (κ1) is 14.1. The number of carbonyl (C=O) groups excluding carboxylic acids is 1. The highest BCUT2D eigenvalue weighted by Crippen LogP contribution is 2.28. The van der Waals surface area contributed by atoms with Gasteiger partial charge in [-0.05, 0) is 48.9 Å². The lowest BCUT2D eigenvalue weighted by Gasteiger charge is -2.24. The predicted octanol–water partition coefficient (Wildman–Crippen LogP) is 4.66. The van der Waals surface area contributed by atoms with Gasteiger partial charge in [-0.2, -0.15) is 0 Å². The van der Waals surface area contributed by atoms with Crippen molar-refractivity contribution in [1.82, 2.24) is 0 Å². The number of hydrogen-bond donors (Lipinski definition) is 1. The van der Waals surface area contributed by atoms with Gasteiger partial charge in [0.25, 0.3) is 0 Å². The Labute approximate surface area is 119 Å². The summed E-state index contributed by atoms with van der Waals surface area (Å²) in [6.07, 6.45) is 4.48. The molecule has 1 aromatic carbocycles. The van der Waals surface area contributed by atoms with Gasteiger partial charge in [0, 0.05) is 28.9 Å². The van der Waals surface area contributed by atoms with Crippen molar-refractivity contribution in [3.05, 3.63) is 41.1 Å². The van der Waals surface area contributed by atoms with Crippen molar-refractivity contribution in [3.8, 4) is 0 Å². The maximum atomic E-state index is 11.8. The Kier molecular flexibility index (Phi) is 4.65. The van der Waals surface area contributed by atoms with Gasteiger partial charge in [-0.25, -0.2) is 0 Å². The lowest BCUT2D eigenvalue weighted by Crippen LogP contribution is -2.19. The van der Waals surface area contributed by atoms with E-state index in [2.05, 4.69) is 19.2 Å². The van der Waals surface area contributed by atoms with Crippen LogP contribution >= 0.6 is 11.6 Å². The fourth-order valence-corrected chi connectivity index (χ4v) is 2.74. The summed E-state index contributed by atoms with van der Waals surface area (Å²) in [5.74, 6) is 1.33. The van der Waals surface area contributed by atoms with E-state index in [0.717, 1.165) is 29.2 Å². The molecule has 1 N–H and O–H groups in total. The number of nitrogens with one attached hydrogen (secondary N) is 1. The molecule has 0 saturated carbocycles. The molecule has 1 aliphatic carbocycles. The Morgan fingerprint density at radius 1 is 1.26 bits per heavy atom. The minimum atomic E-state index is 0.230. The standard InChI is InChI=1S/C16H20ClNO/c1-11(2)7-12-8-15(10-16(19)9-12)18-14-5-3-13(17)4-6-14/h3-6,10-12,18H,7-9H2,1-2H3. The Bertz CT molecular complexity index is 476. The van der Waals surface area contributed by atoms with Gasteiger partial charge in [0.2, 0.25) is 0 Å². The monoisotopic (exact) mass is 277 g/mol. The molecule has 0 bridgehead atoms. The van der Waals surface area contributed by atoms with Gasteiger partial charge in [-0.3, -0.25) is 4.79 Å². The normalized spacial score (nSPS) is 19.5. The zero-order valence-electron chi connectivity index (χ0n) is 11.4. The summed E-state index contributed by atoms with van der Waals surface area (Å²) in [6.45, 7) is 4.41. The van der Waals surface area contributed by atoms with Gasteiger partial charge in [0.15, 0.2) is 5.78 Å². The molecular formula is C16H20ClNO. The maximum absolute atomic E-state index is 11.8. The van der Waals surface area contributed by atoms with Crippen LogP contribution in [0.3, 0.4) is 0 Å². The highest BCUT2D eigenvalue weighted by Gasteiger charge is 2.21. The largest absolute Gasteiger partial charge is 0.359 e. The van der Waals surface area contributed by atoms with Crippen LogP contribution in [0.15, 0.2) is 36.0 Å². The molecule has 0 saturated heterocycles. The molecular weight excluding hydrogens is 258 g/mol. The average Bonchev–Trinajstić information content (AvgIpc) is 2.30. The van der Waals surface area contributed by atoms with E-state index in [1.54, 1.807) is 6.08 Å².